The maximum atomic E-state index is 11.2. The number of anilines is 1. The Morgan fingerprint density at radius 3 is 2.71 bits per heavy atom. The SMILES string of the molecule is COCC(Cl)(CCC(C)=C(C)C)C1Cc2cc(C(=O)O)ccc2N1. The summed E-state index contributed by atoms with van der Waals surface area (Å²) in [5.41, 5.74) is 4.94. The quantitative estimate of drug-likeness (QED) is 0.561. The van der Waals surface area contributed by atoms with Crippen molar-refractivity contribution in [1.82, 2.24) is 0 Å². The van der Waals surface area contributed by atoms with E-state index < -0.39 is 10.8 Å². The number of alkyl halides is 1. The van der Waals surface area contributed by atoms with Crippen LogP contribution in [0.5, 0.6) is 0 Å². The smallest absolute Gasteiger partial charge is 0.335 e. The normalized spacial score (nSPS) is 18.5. The lowest BCUT2D eigenvalue weighted by molar-refractivity contribution is 0.0697. The van der Waals surface area contributed by atoms with Crippen molar-refractivity contribution >= 4 is 23.3 Å². The second kappa shape index (κ2) is 7.58. The number of methoxy groups -OCH3 is 1. The fourth-order valence-electron chi connectivity index (χ4n) is 3.04. The molecule has 0 radical (unpaired) electrons. The van der Waals surface area contributed by atoms with Crippen LogP contribution in [0.3, 0.4) is 0 Å². The summed E-state index contributed by atoms with van der Waals surface area (Å²) in [6, 6.07) is 5.19. The van der Waals surface area contributed by atoms with E-state index in [1.165, 1.54) is 11.1 Å². The summed E-state index contributed by atoms with van der Waals surface area (Å²) in [6.07, 6.45) is 2.43. The standard InChI is InChI=1S/C19H26ClNO3/c1-12(2)13(3)7-8-19(20,11-24-4)17-10-15-9-14(18(22)23)5-6-16(15)21-17/h5-6,9,17,21H,7-8,10-11H2,1-4H3,(H,22,23). The zero-order valence-electron chi connectivity index (χ0n) is 14.8. The molecular formula is C19H26ClNO3. The number of hydrogen-bond acceptors (Lipinski definition) is 3. The van der Waals surface area contributed by atoms with Crippen LogP contribution in [0.1, 0.15) is 49.5 Å². The molecule has 1 aliphatic rings. The topological polar surface area (TPSA) is 58.6 Å². The second-order valence-corrected chi connectivity index (χ2v) is 7.58. The minimum Gasteiger partial charge on any atom is -0.478 e. The number of ether oxygens (including phenoxy) is 1. The number of halogens is 1. The van der Waals surface area contributed by atoms with Gasteiger partial charge in [0, 0.05) is 12.8 Å². The summed E-state index contributed by atoms with van der Waals surface area (Å²) < 4.78 is 5.39. The highest BCUT2D eigenvalue weighted by Gasteiger charge is 2.40. The van der Waals surface area contributed by atoms with Crippen LogP contribution in [0.15, 0.2) is 29.3 Å². The molecule has 0 bridgehead atoms. The highest BCUT2D eigenvalue weighted by atomic mass is 35.5. The molecule has 2 atom stereocenters. The van der Waals surface area contributed by atoms with Crippen LogP contribution < -0.4 is 5.32 Å². The molecule has 2 rings (SSSR count). The van der Waals surface area contributed by atoms with Crippen molar-refractivity contribution in [1.29, 1.82) is 0 Å². The largest absolute Gasteiger partial charge is 0.478 e. The van der Waals surface area contributed by atoms with Gasteiger partial charge in [-0.3, -0.25) is 0 Å². The van der Waals surface area contributed by atoms with E-state index in [9.17, 15) is 4.79 Å². The zero-order chi connectivity index (χ0) is 17.9. The first-order valence-corrected chi connectivity index (χ1v) is 8.58. The summed E-state index contributed by atoms with van der Waals surface area (Å²) in [7, 11) is 1.66. The van der Waals surface area contributed by atoms with Crippen molar-refractivity contribution in [3.05, 3.63) is 40.5 Å². The van der Waals surface area contributed by atoms with E-state index in [0.717, 1.165) is 24.1 Å². The molecule has 0 fully saturated rings. The van der Waals surface area contributed by atoms with E-state index in [1.807, 2.05) is 6.07 Å². The van der Waals surface area contributed by atoms with E-state index >= 15 is 0 Å². The van der Waals surface area contributed by atoms with Gasteiger partial charge in [-0.15, -0.1) is 11.6 Å². The van der Waals surface area contributed by atoms with Crippen molar-refractivity contribution in [2.24, 2.45) is 0 Å². The molecule has 0 saturated heterocycles. The van der Waals surface area contributed by atoms with Crippen molar-refractivity contribution in [2.45, 2.75) is 50.9 Å². The molecule has 1 heterocycles. The molecule has 5 heteroatoms. The molecule has 1 aliphatic heterocycles. The van der Waals surface area contributed by atoms with Crippen LogP contribution in [-0.4, -0.2) is 35.7 Å². The van der Waals surface area contributed by atoms with E-state index in [2.05, 4.69) is 26.1 Å². The Bertz CT molecular complexity index is 652. The van der Waals surface area contributed by atoms with Gasteiger partial charge in [-0.05, 0) is 63.8 Å². The van der Waals surface area contributed by atoms with Gasteiger partial charge in [0.25, 0.3) is 0 Å². The number of fused-ring (bicyclic) bond motifs is 1. The fourth-order valence-corrected chi connectivity index (χ4v) is 3.37. The van der Waals surface area contributed by atoms with E-state index in [1.54, 1.807) is 19.2 Å². The monoisotopic (exact) mass is 351 g/mol. The maximum absolute atomic E-state index is 11.2. The van der Waals surface area contributed by atoms with Crippen LogP contribution in [-0.2, 0) is 11.2 Å². The number of rotatable bonds is 7. The Hall–Kier alpha value is -1.52. The van der Waals surface area contributed by atoms with E-state index in [0.29, 0.717) is 18.6 Å². The third kappa shape index (κ3) is 4.11. The Morgan fingerprint density at radius 2 is 2.12 bits per heavy atom. The molecule has 1 aromatic rings. The van der Waals surface area contributed by atoms with E-state index in [-0.39, 0.29) is 6.04 Å². The lowest BCUT2D eigenvalue weighted by Crippen LogP contribution is -2.45. The first-order valence-electron chi connectivity index (χ1n) is 8.20. The molecule has 0 aromatic heterocycles. The van der Waals surface area contributed by atoms with E-state index in [4.69, 9.17) is 21.4 Å². The Kier molecular flexibility index (Phi) is 5.94. The predicted octanol–water partition coefficient (Wildman–Crippen LogP) is 4.48. The number of hydrogen-bond donors (Lipinski definition) is 2. The number of allylic oxidation sites excluding steroid dienone is 2. The number of aromatic carboxylic acids is 1. The molecule has 0 aliphatic carbocycles. The summed E-state index contributed by atoms with van der Waals surface area (Å²) in [5, 5.41) is 12.6. The number of carboxylic acids is 1. The summed E-state index contributed by atoms with van der Waals surface area (Å²) in [5.74, 6) is -0.908. The third-order valence-electron chi connectivity index (χ3n) is 4.88. The fraction of sp³-hybridized carbons (Fsp3) is 0.526. The van der Waals surface area contributed by atoms with Gasteiger partial charge in [-0.25, -0.2) is 4.79 Å². The molecule has 24 heavy (non-hydrogen) atoms. The minimum atomic E-state index is -0.908. The van der Waals surface area contributed by atoms with Crippen LogP contribution in [0.2, 0.25) is 0 Å². The van der Waals surface area contributed by atoms with Crippen molar-refractivity contribution in [2.75, 3.05) is 19.0 Å². The van der Waals surface area contributed by atoms with Crippen LogP contribution in [0.25, 0.3) is 0 Å². The molecule has 0 spiro atoms. The molecule has 1 aromatic carbocycles. The number of carbonyl (C=O) groups is 1. The molecular weight excluding hydrogens is 326 g/mol. The zero-order valence-corrected chi connectivity index (χ0v) is 15.5. The average molecular weight is 352 g/mol. The second-order valence-electron chi connectivity index (χ2n) is 6.83. The van der Waals surface area contributed by atoms with Crippen molar-refractivity contribution in [3.63, 3.8) is 0 Å². The number of carboxylic acid groups (broad SMARTS) is 1. The summed E-state index contributed by atoms with van der Waals surface area (Å²) in [6.45, 7) is 6.80. The van der Waals surface area contributed by atoms with Gasteiger partial charge < -0.3 is 15.2 Å². The van der Waals surface area contributed by atoms with Crippen LogP contribution >= 0.6 is 11.6 Å². The lowest BCUT2D eigenvalue weighted by Gasteiger charge is -2.33. The molecule has 2 N–H and O–H groups in total. The first kappa shape index (κ1) is 18.8. The van der Waals surface area contributed by atoms with Gasteiger partial charge in [0.1, 0.15) is 0 Å². The minimum absolute atomic E-state index is 0.0168. The molecule has 2 unspecified atom stereocenters. The highest BCUT2D eigenvalue weighted by Crippen LogP contribution is 2.38. The lowest BCUT2D eigenvalue weighted by atomic mass is 9.89. The first-order chi connectivity index (χ1) is 11.3. The van der Waals surface area contributed by atoms with Crippen LogP contribution in [0, 0.1) is 0 Å². The number of benzene rings is 1. The Balaban J connectivity index is 2.17. The molecule has 132 valence electrons. The molecule has 0 amide bonds. The summed E-state index contributed by atoms with van der Waals surface area (Å²) >= 11 is 6.96. The van der Waals surface area contributed by atoms with Gasteiger partial charge in [-0.1, -0.05) is 11.1 Å². The van der Waals surface area contributed by atoms with Gasteiger partial charge in [-0.2, -0.15) is 0 Å². The van der Waals surface area contributed by atoms with Gasteiger partial charge in [0.05, 0.1) is 23.1 Å². The van der Waals surface area contributed by atoms with Crippen molar-refractivity contribution in [3.8, 4) is 0 Å². The van der Waals surface area contributed by atoms with Gasteiger partial charge >= 0.3 is 5.97 Å². The van der Waals surface area contributed by atoms with Gasteiger partial charge in [0.15, 0.2) is 0 Å². The Morgan fingerprint density at radius 1 is 1.42 bits per heavy atom. The van der Waals surface area contributed by atoms with Crippen LogP contribution in [0.4, 0.5) is 5.69 Å². The average Bonchev–Trinajstić information content (AvgIpc) is 2.96. The maximum Gasteiger partial charge on any atom is 0.335 e. The molecule has 4 nitrogen and oxygen atoms in total. The third-order valence-corrected chi connectivity index (χ3v) is 5.45. The number of nitrogens with one attached hydrogen (secondary N) is 1. The predicted molar refractivity (Wildman–Crippen MR) is 98.3 cm³/mol. The highest BCUT2D eigenvalue weighted by molar-refractivity contribution is 6.25. The summed E-state index contributed by atoms with van der Waals surface area (Å²) in [4.78, 5) is 10.6. The Labute approximate surface area is 148 Å². The van der Waals surface area contributed by atoms with Crippen molar-refractivity contribution < 1.29 is 14.6 Å². The molecule has 0 saturated carbocycles. The van der Waals surface area contributed by atoms with Gasteiger partial charge in [0.2, 0.25) is 0 Å².